The summed E-state index contributed by atoms with van der Waals surface area (Å²) < 4.78 is 115. The molecule has 0 aliphatic carbocycles. The van der Waals surface area contributed by atoms with E-state index in [1.54, 1.807) is 12.1 Å². The fourth-order valence-corrected chi connectivity index (χ4v) is 2.91. The molecule has 0 aromatic heterocycles. The molecule has 1 aromatic rings. The number of nitrogens with one attached hydrogen (secondary N) is 1. The van der Waals surface area contributed by atoms with Crippen molar-refractivity contribution >= 4 is 44.4 Å². The number of alkyl halides is 9. The molecule has 0 heterocycles. The van der Waals surface area contributed by atoms with Gasteiger partial charge in [-0.05, 0) is 60.7 Å². The van der Waals surface area contributed by atoms with E-state index in [0.29, 0.717) is 4.47 Å². The Morgan fingerprint density at radius 1 is 1.00 bits per heavy atom. The topological polar surface area (TPSA) is 29.1 Å². The van der Waals surface area contributed by atoms with Gasteiger partial charge in [-0.1, -0.05) is 12.1 Å². The lowest BCUT2D eigenvalue weighted by Gasteiger charge is -2.32. The molecular formula is C15H10BrF9INO. The predicted molar refractivity (Wildman–Crippen MR) is 94.1 cm³/mol. The van der Waals surface area contributed by atoms with Crippen LogP contribution >= 0.6 is 38.5 Å². The lowest BCUT2D eigenvalue weighted by molar-refractivity contribution is -0.388. The molecule has 0 bridgehead atoms. The zero-order chi connectivity index (χ0) is 22.0. The third-order valence-electron chi connectivity index (χ3n) is 3.27. The van der Waals surface area contributed by atoms with E-state index in [-0.39, 0.29) is 12.1 Å². The van der Waals surface area contributed by atoms with Crippen molar-refractivity contribution in [2.24, 2.45) is 0 Å². The molecule has 0 aliphatic rings. The van der Waals surface area contributed by atoms with Crippen molar-refractivity contribution in [2.45, 2.75) is 30.4 Å². The molecule has 1 amide bonds. The molecule has 0 saturated carbocycles. The van der Waals surface area contributed by atoms with E-state index < -0.39 is 45.9 Å². The summed E-state index contributed by atoms with van der Waals surface area (Å²) in [7, 11) is 0. The molecule has 0 unspecified atom stereocenters. The highest BCUT2D eigenvalue weighted by molar-refractivity contribution is 14.1. The normalized spacial score (nSPS) is 14.2. The summed E-state index contributed by atoms with van der Waals surface area (Å²) in [5.74, 6) is -20.1. The highest BCUT2D eigenvalue weighted by Gasteiger charge is 2.81. The van der Waals surface area contributed by atoms with Crippen molar-refractivity contribution < 1.29 is 44.3 Å². The van der Waals surface area contributed by atoms with E-state index in [1.807, 2.05) is 0 Å². The van der Waals surface area contributed by atoms with Gasteiger partial charge in [0.2, 0.25) is 0 Å². The van der Waals surface area contributed by atoms with Crippen LogP contribution in [0.5, 0.6) is 0 Å². The Hall–Kier alpha value is -0.990. The number of hydrogen-bond acceptors (Lipinski definition) is 1. The van der Waals surface area contributed by atoms with E-state index in [9.17, 15) is 44.3 Å². The van der Waals surface area contributed by atoms with E-state index in [4.69, 9.17) is 0 Å². The average molecular weight is 598 g/mol. The third-order valence-corrected chi connectivity index (χ3v) is 4.82. The van der Waals surface area contributed by atoms with Crippen LogP contribution in [0.25, 0.3) is 0 Å². The van der Waals surface area contributed by atoms with E-state index in [1.165, 1.54) is 12.1 Å². The Bertz CT molecular complexity index is 749. The first-order chi connectivity index (χ1) is 12.5. The second kappa shape index (κ2) is 8.79. The summed E-state index contributed by atoms with van der Waals surface area (Å²) in [6.45, 7) is -0.355. The van der Waals surface area contributed by atoms with Crippen LogP contribution < -0.4 is 5.32 Å². The van der Waals surface area contributed by atoms with Crippen LogP contribution in [-0.2, 0) is 0 Å². The number of amides is 1. The Balaban J connectivity index is 2.84. The van der Waals surface area contributed by atoms with Crippen molar-refractivity contribution in [3.05, 3.63) is 44.0 Å². The van der Waals surface area contributed by atoms with Crippen LogP contribution in [0.15, 0.2) is 38.4 Å². The number of carbonyl (C=O) groups excluding carboxylic acids is 1. The van der Waals surface area contributed by atoms with Crippen LogP contribution in [0.1, 0.15) is 16.8 Å². The highest BCUT2D eigenvalue weighted by atomic mass is 127. The van der Waals surface area contributed by atoms with E-state index >= 15 is 0 Å². The van der Waals surface area contributed by atoms with Gasteiger partial charge in [-0.25, -0.2) is 0 Å². The molecule has 1 rings (SSSR count). The number of carbonyl (C=O) groups is 1. The van der Waals surface area contributed by atoms with Crippen LogP contribution in [0.2, 0.25) is 0 Å². The summed E-state index contributed by atoms with van der Waals surface area (Å²) in [5, 5.41) is 2.27. The summed E-state index contributed by atoms with van der Waals surface area (Å²) in [6, 6.07) is 6.12. The number of allylic oxidation sites excluding steroid dienone is 1. The Kier molecular flexibility index (Phi) is 7.87. The second-order valence-corrected chi connectivity index (χ2v) is 7.59. The van der Waals surface area contributed by atoms with Gasteiger partial charge in [0.05, 0.1) is 5.56 Å². The minimum Gasteiger partial charge on any atom is -0.352 e. The van der Waals surface area contributed by atoms with Gasteiger partial charge in [-0.3, -0.25) is 4.79 Å². The van der Waals surface area contributed by atoms with E-state index in [0.717, 1.165) is 22.6 Å². The van der Waals surface area contributed by atoms with Crippen LogP contribution in [0.4, 0.5) is 39.5 Å². The smallest absolute Gasteiger partial charge is 0.352 e. The zero-order valence-electron chi connectivity index (χ0n) is 13.4. The number of benzene rings is 1. The minimum atomic E-state index is -6.94. The van der Waals surface area contributed by atoms with Crippen molar-refractivity contribution in [1.29, 1.82) is 0 Å². The lowest BCUT2D eigenvalue weighted by Crippen LogP contribution is -2.60. The molecule has 2 nitrogen and oxygen atoms in total. The summed E-state index contributed by atoms with van der Waals surface area (Å²) >= 11 is 4.18. The first-order valence-corrected chi connectivity index (χ1v) is 9.02. The Morgan fingerprint density at radius 3 is 2.04 bits per heavy atom. The molecule has 0 spiro atoms. The monoisotopic (exact) mass is 597 g/mol. The minimum absolute atomic E-state index is 0.183. The fourth-order valence-electron chi connectivity index (χ4n) is 1.78. The molecule has 13 heteroatoms. The quantitative estimate of drug-likeness (QED) is 0.288. The van der Waals surface area contributed by atoms with Gasteiger partial charge in [0.25, 0.3) is 5.91 Å². The van der Waals surface area contributed by atoms with Gasteiger partial charge in [0.15, 0.2) is 0 Å². The third kappa shape index (κ3) is 5.33. The molecular weight excluding hydrogens is 588 g/mol. The zero-order valence-corrected chi connectivity index (χ0v) is 17.1. The second-order valence-electron chi connectivity index (χ2n) is 5.35. The van der Waals surface area contributed by atoms with Crippen LogP contribution in [0.3, 0.4) is 0 Å². The van der Waals surface area contributed by atoms with Crippen molar-refractivity contribution in [2.75, 3.05) is 6.54 Å². The number of hydrogen-bond donors (Lipinski definition) is 1. The van der Waals surface area contributed by atoms with Crippen molar-refractivity contribution in [1.82, 2.24) is 5.32 Å². The lowest BCUT2D eigenvalue weighted by atomic mass is 10.0. The molecule has 0 fully saturated rings. The SMILES string of the molecule is O=C(NCCC(I)=CC(F)(F)C(F)(F)C(F)(F)C(F)(F)F)c1ccccc1Br. The maximum absolute atomic E-state index is 13.5. The molecule has 0 atom stereocenters. The fraction of sp³-hybridized carbons (Fsp3) is 0.400. The summed E-state index contributed by atoms with van der Waals surface area (Å²) in [4.78, 5) is 11.9. The maximum Gasteiger partial charge on any atom is 0.460 e. The predicted octanol–water partition coefficient (Wildman–Crippen LogP) is 6.36. The summed E-state index contributed by atoms with van der Waals surface area (Å²) in [5.41, 5.74) is 0.183. The first-order valence-electron chi connectivity index (χ1n) is 7.14. The van der Waals surface area contributed by atoms with Crippen molar-refractivity contribution in [3.63, 3.8) is 0 Å². The average Bonchev–Trinajstić information content (AvgIpc) is 2.53. The molecule has 158 valence electrons. The molecule has 1 aromatic carbocycles. The standard InChI is InChI=1S/C15H10BrF9INO/c16-10-4-2-1-3-9(10)11(28)27-6-5-8(26)7-12(17,18)13(19,20)14(21,22)15(23,24)25/h1-4,7H,5-6H2,(H,27,28). The van der Waals surface area contributed by atoms with Gasteiger partial charge in [0.1, 0.15) is 0 Å². The van der Waals surface area contributed by atoms with Gasteiger partial charge < -0.3 is 5.32 Å². The van der Waals surface area contributed by atoms with Crippen molar-refractivity contribution in [3.8, 4) is 0 Å². The number of halogens is 11. The largest absolute Gasteiger partial charge is 0.460 e. The van der Waals surface area contributed by atoms with Gasteiger partial charge >= 0.3 is 23.9 Å². The van der Waals surface area contributed by atoms with Gasteiger partial charge in [0, 0.05) is 17.1 Å². The van der Waals surface area contributed by atoms with E-state index in [2.05, 4.69) is 21.2 Å². The molecule has 1 N–H and O–H groups in total. The molecule has 0 aliphatic heterocycles. The molecule has 28 heavy (non-hydrogen) atoms. The van der Waals surface area contributed by atoms with Crippen LogP contribution in [0, 0.1) is 0 Å². The van der Waals surface area contributed by atoms with Gasteiger partial charge in [-0.2, -0.15) is 39.5 Å². The number of rotatable bonds is 7. The summed E-state index contributed by atoms with van der Waals surface area (Å²) in [6.07, 6.45) is -8.03. The highest BCUT2D eigenvalue weighted by Crippen LogP contribution is 2.53. The van der Waals surface area contributed by atoms with Crippen LogP contribution in [-0.4, -0.2) is 36.4 Å². The Morgan fingerprint density at radius 2 is 1.54 bits per heavy atom. The maximum atomic E-state index is 13.5. The Labute approximate surface area is 174 Å². The molecule has 0 radical (unpaired) electrons. The van der Waals surface area contributed by atoms with Gasteiger partial charge in [-0.15, -0.1) is 0 Å². The first kappa shape index (κ1) is 25.0. The molecule has 0 saturated heterocycles.